The molecule has 184 valence electrons. The first-order valence-corrected chi connectivity index (χ1v) is 12.1. The second-order valence-electron chi connectivity index (χ2n) is 8.57. The van der Waals surface area contributed by atoms with E-state index in [-0.39, 0.29) is 11.7 Å². The summed E-state index contributed by atoms with van der Waals surface area (Å²) in [7, 11) is 5.59. The van der Waals surface area contributed by atoms with Crippen LogP contribution in [0.4, 0.5) is 5.69 Å². The molecule has 3 aromatic carbocycles. The van der Waals surface area contributed by atoms with E-state index in [2.05, 4.69) is 16.6 Å². The number of ether oxygens (including phenoxy) is 2. The molecule has 2 N–H and O–H groups in total. The van der Waals surface area contributed by atoms with Crippen LogP contribution in [0, 0.1) is 0 Å². The van der Waals surface area contributed by atoms with E-state index in [1.807, 2.05) is 61.5 Å². The molecule has 0 aliphatic carbocycles. The number of nitrogens with one attached hydrogen (secondary N) is 1. The first kappa shape index (κ1) is 24.7. The second kappa shape index (κ2) is 10.5. The van der Waals surface area contributed by atoms with Crippen LogP contribution < -0.4 is 14.4 Å². The van der Waals surface area contributed by atoms with Gasteiger partial charge in [-0.15, -0.1) is 11.6 Å². The molecule has 7 nitrogen and oxygen atoms in total. The van der Waals surface area contributed by atoms with Gasteiger partial charge >= 0.3 is 0 Å². The van der Waals surface area contributed by atoms with Crippen molar-refractivity contribution in [2.45, 2.75) is 6.42 Å². The Bertz CT molecular complexity index is 1370. The summed E-state index contributed by atoms with van der Waals surface area (Å²) in [5.41, 5.74) is 3.14. The van der Waals surface area contributed by atoms with Gasteiger partial charge in [0, 0.05) is 47.9 Å². The number of rotatable bonds is 6. The quantitative estimate of drug-likeness (QED) is 0.367. The van der Waals surface area contributed by atoms with Crippen LogP contribution in [0.3, 0.4) is 0 Å². The smallest absolute Gasteiger partial charge is 0.274 e. The van der Waals surface area contributed by atoms with Crippen molar-refractivity contribution in [2.24, 2.45) is 0 Å². The molecule has 0 atom stereocenters. The number of nitrogens with zero attached hydrogens (tertiary/aromatic N) is 2. The van der Waals surface area contributed by atoms with Crippen LogP contribution in [0.15, 0.2) is 48.5 Å². The first-order chi connectivity index (χ1) is 17.0. The number of aromatic amines is 1. The highest BCUT2D eigenvalue weighted by molar-refractivity contribution is 6.15. The molecule has 35 heavy (non-hydrogen) atoms. The van der Waals surface area contributed by atoms with Gasteiger partial charge in [-0.3, -0.25) is 4.79 Å². The number of carbonyl (C=O) groups is 1. The number of amides is 1. The Labute approximate surface area is 209 Å². The summed E-state index contributed by atoms with van der Waals surface area (Å²) in [6, 6.07) is 15.1. The van der Waals surface area contributed by atoms with Gasteiger partial charge in [0.15, 0.2) is 11.5 Å². The second-order valence-corrected chi connectivity index (χ2v) is 8.57. The number of phenols is 1. The standard InChI is InChI=1S/C26H27N3O4.CH3Cl/c1-28(2)10-11-33-25-13-16-12-21(27-20(16)14-24(25)32-3)26(31)29-9-8-18-17-6-4-5-7-19(17)23(30)15-22(18)29;1-2/h4-7,12-15,27,30H,8-11H2,1-3H3;1H3. The third kappa shape index (κ3) is 4.74. The van der Waals surface area contributed by atoms with Crippen LogP contribution in [0.25, 0.3) is 21.7 Å². The molecule has 5 rings (SSSR count). The van der Waals surface area contributed by atoms with Crippen LogP contribution in [0.5, 0.6) is 17.2 Å². The first-order valence-electron chi connectivity index (χ1n) is 11.4. The fourth-order valence-corrected chi connectivity index (χ4v) is 4.47. The molecule has 0 saturated carbocycles. The molecule has 1 amide bonds. The van der Waals surface area contributed by atoms with E-state index >= 15 is 0 Å². The Morgan fingerprint density at radius 2 is 1.86 bits per heavy atom. The Morgan fingerprint density at radius 1 is 1.11 bits per heavy atom. The highest BCUT2D eigenvalue weighted by Gasteiger charge is 2.29. The minimum Gasteiger partial charge on any atom is -0.507 e. The minimum absolute atomic E-state index is 0.131. The monoisotopic (exact) mass is 495 g/mol. The van der Waals surface area contributed by atoms with Crippen molar-refractivity contribution in [3.63, 3.8) is 0 Å². The third-order valence-corrected chi connectivity index (χ3v) is 6.16. The maximum absolute atomic E-state index is 13.5. The molecule has 0 bridgehead atoms. The van der Waals surface area contributed by atoms with Gasteiger partial charge in [-0.05, 0) is 43.6 Å². The third-order valence-electron chi connectivity index (χ3n) is 6.16. The highest BCUT2D eigenvalue weighted by Crippen LogP contribution is 2.40. The number of H-pyrrole nitrogens is 1. The topological polar surface area (TPSA) is 78.0 Å². The number of aromatic nitrogens is 1. The van der Waals surface area contributed by atoms with Crippen molar-refractivity contribution in [1.29, 1.82) is 0 Å². The predicted molar refractivity (Wildman–Crippen MR) is 142 cm³/mol. The van der Waals surface area contributed by atoms with E-state index in [9.17, 15) is 9.90 Å². The molecular weight excluding hydrogens is 466 g/mol. The molecule has 1 aliphatic rings. The van der Waals surface area contributed by atoms with Gasteiger partial charge in [-0.1, -0.05) is 24.3 Å². The van der Waals surface area contributed by atoms with Gasteiger partial charge < -0.3 is 29.4 Å². The number of carbonyl (C=O) groups excluding carboxylic acids is 1. The number of likely N-dealkylation sites (N-methyl/N-ethyl adjacent to an activating group) is 1. The van der Waals surface area contributed by atoms with Gasteiger partial charge in [0.25, 0.3) is 5.91 Å². The fraction of sp³-hybridized carbons (Fsp3) is 0.296. The molecule has 8 heteroatoms. The van der Waals surface area contributed by atoms with E-state index in [4.69, 9.17) is 9.47 Å². The molecule has 0 radical (unpaired) electrons. The number of alkyl halides is 1. The number of phenolic OH excluding ortho intramolecular Hbond substituents is 1. The summed E-state index contributed by atoms with van der Waals surface area (Å²) >= 11 is 4.64. The number of hydrogen-bond acceptors (Lipinski definition) is 5. The van der Waals surface area contributed by atoms with Crippen molar-refractivity contribution in [3.05, 3.63) is 59.8 Å². The number of hydrogen-bond donors (Lipinski definition) is 2. The van der Waals surface area contributed by atoms with Crippen molar-refractivity contribution >= 4 is 44.9 Å². The number of methoxy groups -OCH3 is 1. The Morgan fingerprint density at radius 3 is 2.57 bits per heavy atom. The van der Waals surface area contributed by atoms with E-state index in [1.165, 1.54) is 6.38 Å². The molecule has 0 saturated heterocycles. The average molecular weight is 496 g/mol. The van der Waals surface area contributed by atoms with Crippen molar-refractivity contribution < 1.29 is 19.4 Å². The molecule has 0 unspecified atom stereocenters. The lowest BCUT2D eigenvalue weighted by atomic mass is 10.0. The van der Waals surface area contributed by atoms with Crippen LogP contribution in [0.1, 0.15) is 16.1 Å². The lowest BCUT2D eigenvalue weighted by Gasteiger charge is -2.17. The van der Waals surface area contributed by atoms with Crippen LogP contribution in [0.2, 0.25) is 0 Å². The Balaban J connectivity index is 0.00000141. The van der Waals surface area contributed by atoms with Gasteiger partial charge in [0.1, 0.15) is 18.1 Å². The number of aromatic hydroxyl groups is 1. The largest absolute Gasteiger partial charge is 0.507 e. The van der Waals surface area contributed by atoms with E-state index in [1.54, 1.807) is 18.1 Å². The SMILES string of the molecule is CCl.COc1cc2[nH]c(C(=O)N3CCc4c3cc(O)c3ccccc43)cc2cc1OCCN(C)C. The molecule has 2 heterocycles. The summed E-state index contributed by atoms with van der Waals surface area (Å²) < 4.78 is 11.4. The Kier molecular flexibility index (Phi) is 7.38. The Hall–Kier alpha value is -3.42. The summed E-state index contributed by atoms with van der Waals surface area (Å²) in [4.78, 5) is 20.5. The van der Waals surface area contributed by atoms with Crippen molar-refractivity contribution in [1.82, 2.24) is 9.88 Å². The highest BCUT2D eigenvalue weighted by atomic mass is 35.5. The zero-order valence-electron chi connectivity index (χ0n) is 20.4. The van der Waals surface area contributed by atoms with Gasteiger partial charge in [-0.2, -0.15) is 0 Å². The van der Waals surface area contributed by atoms with Gasteiger partial charge in [-0.25, -0.2) is 0 Å². The lowest BCUT2D eigenvalue weighted by molar-refractivity contribution is 0.0985. The average Bonchev–Trinajstić information content (AvgIpc) is 3.48. The van der Waals surface area contributed by atoms with Crippen LogP contribution in [-0.2, 0) is 6.42 Å². The van der Waals surface area contributed by atoms with Crippen LogP contribution >= 0.6 is 11.6 Å². The summed E-state index contributed by atoms with van der Waals surface area (Å²) in [6.07, 6.45) is 2.22. The number of benzene rings is 3. The van der Waals surface area contributed by atoms with Crippen molar-refractivity contribution in [3.8, 4) is 17.2 Å². The van der Waals surface area contributed by atoms with Crippen molar-refractivity contribution in [2.75, 3.05) is 52.2 Å². The summed E-state index contributed by atoms with van der Waals surface area (Å²) in [5.74, 6) is 1.32. The molecule has 0 fully saturated rings. The summed E-state index contributed by atoms with van der Waals surface area (Å²) in [5, 5.41) is 13.2. The molecule has 0 spiro atoms. The minimum atomic E-state index is -0.131. The van der Waals surface area contributed by atoms with Gasteiger partial charge in [0.2, 0.25) is 0 Å². The van der Waals surface area contributed by atoms with E-state index in [0.717, 1.165) is 45.9 Å². The predicted octanol–water partition coefficient (Wildman–Crippen LogP) is 5.03. The normalized spacial score (nSPS) is 12.6. The zero-order chi connectivity index (χ0) is 25.1. The van der Waals surface area contributed by atoms with E-state index < -0.39 is 0 Å². The number of anilines is 1. The maximum atomic E-state index is 13.5. The molecule has 1 aliphatic heterocycles. The lowest BCUT2D eigenvalue weighted by Crippen LogP contribution is -2.29. The zero-order valence-corrected chi connectivity index (χ0v) is 21.1. The van der Waals surface area contributed by atoms with Crippen LogP contribution in [-0.4, -0.2) is 68.2 Å². The number of fused-ring (bicyclic) bond motifs is 4. The molecular formula is C27H30ClN3O4. The fourth-order valence-electron chi connectivity index (χ4n) is 4.47. The molecule has 4 aromatic rings. The maximum Gasteiger partial charge on any atom is 0.274 e. The van der Waals surface area contributed by atoms with Gasteiger partial charge in [0.05, 0.1) is 12.8 Å². The van der Waals surface area contributed by atoms with E-state index in [0.29, 0.717) is 30.3 Å². The molecule has 1 aromatic heterocycles. The summed E-state index contributed by atoms with van der Waals surface area (Å²) in [6.45, 7) is 1.89. The number of halogens is 1.